The summed E-state index contributed by atoms with van der Waals surface area (Å²) in [4.78, 5) is 15.6. The van der Waals surface area contributed by atoms with E-state index in [1.165, 1.54) is 6.33 Å². The van der Waals surface area contributed by atoms with Crippen LogP contribution < -0.4 is 10.6 Å². The van der Waals surface area contributed by atoms with Crippen LogP contribution in [0.4, 0.5) is 10.6 Å². The van der Waals surface area contributed by atoms with Crippen LogP contribution in [0.15, 0.2) is 18.9 Å². The maximum Gasteiger partial charge on any atom is 0.320 e. The maximum absolute atomic E-state index is 11.8. The molecule has 0 bridgehead atoms. The van der Waals surface area contributed by atoms with Gasteiger partial charge < -0.3 is 5.32 Å². The first-order valence-electron chi connectivity index (χ1n) is 6.47. The number of hydrogen-bond donors (Lipinski definition) is 2. The van der Waals surface area contributed by atoms with Gasteiger partial charge >= 0.3 is 6.03 Å². The number of carbonyl (C=O) groups is 1. The van der Waals surface area contributed by atoms with Gasteiger partial charge in [0, 0.05) is 12.6 Å². The van der Waals surface area contributed by atoms with Gasteiger partial charge in [-0.1, -0.05) is 12.1 Å². The minimum absolute atomic E-state index is 0.0811. The third-order valence-corrected chi connectivity index (χ3v) is 2.54. The average molecular weight is 278 g/mol. The molecule has 0 aliphatic heterocycles. The van der Waals surface area contributed by atoms with E-state index < -0.39 is 0 Å². The molecule has 0 saturated carbocycles. The molecule has 108 valence electrons. The summed E-state index contributed by atoms with van der Waals surface area (Å²) in [5.41, 5.74) is 0. The molecule has 0 radical (unpaired) electrons. The fraction of sp³-hybridized carbons (Fsp3) is 0.545. The number of nitrogens with one attached hydrogen (secondary N) is 2. The molecule has 2 aromatic rings. The number of urea groups is 1. The second-order valence-corrected chi connectivity index (χ2v) is 4.48. The number of carbonyl (C=O) groups excluding carboxylic acids is 1. The lowest BCUT2D eigenvalue weighted by Crippen LogP contribution is -2.38. The second kappa shape index (κ2) is 6.64. The van der Waals surface area contributed by atoms with E-state index in [1.807, 2.05) is 13.8 Å². The van der Waals surface area contributed by atoms with E-state index in [0.717, 1.165) is 13.0 Å². The van der Waals surface area contributed by atoms with Crippen LogP contribution in [0.1, 0.15) is 20.3 Å². The van der Waals surface area contributed by atoms with Gasteiger partial charge in [0.05, 0.1) is 12.7 Å². The fourth-order valence-electron chi connectivity index (χ4n) is 1.72. The zero-order valence-corrected chi connectivity index (χ0v) is 11.5. The van der Waals surface area contributed by atoms with E-state index in [4.69, 9.17) is 0 Å². The van der Waals surface area contributed by atoms with Gasteiger partial charge in [0.15, 0.2) is 5.82 Å². The van der Waals surface area contributed by atoms with Crippen LogP contribution in [0.25, 0.3) is 0 Å². The van der Waals surface area contributed by atoms with Crippen LogP contribution in [0.3, 0.4) is 0 Å². The first-order chi connectivity index (χ1) is 9.67. The maximum atomic E-state index is 11.8. The molecule has 2 heterocycles. The molecule has 0 saturated heterocycles. The van der Waals surface area contributed by atoms with Gasteiger partial charge in [-0.15, -0.1) is 5.10 Å². The largest absolute Gasteiger partial charge is 0.334 e. The number of amides is 2. The van der Waals surface area contributed by atoms with Crippen molar-refractivity contribution in [3.8, 4) is 0 Å². The zero-order chi connectivity index (χ0) is 14.4. The highest BCUT2D eigenvalue weighted by atomic mass is 16.2. The molecule has 1 unspecified atom stereocenters. The Morgan fingerprint density at radius 2 is 2.30 bits per heavy atom. The lowest BCUT2D eigenvalue weighted by atomic mass is 10.3. The van der Waals surface area contributed by atoms with Gasteiger partial charge in [-0.05, 0) is 13.3 Å². The second-order valence-electron chi connectivity index (χ2n) is 4.48. The standard InChI is InChI=1S/C11H18N8O/c1-3-4-18-6-10(16-17-18)15-11(20)14-9(2)5-19-8-12-7-13-19/h6-9H,3-5H2,1-2H3,(H2,14,15,20). The third-order valence-electron chi connectivity index (χ3n) is 2.54. The Morgan fingerprint density at radius 3 is 3.00 bits per heavy atom. The fourth-order valence-corrected chi connectivity index (χ4v) is 1.72. The molecule has 0 aliphatic carbocycles. The highest BCUT2D eigenvalue weighted by Crippen LogP contribution is 2.00. The van der Waals surface area contributed by atoms with Gasteiger partial charge in [-0.3, -0.25) is 14.7 Å². The summed E-state index contributed by atoms with van der Waals surface area (Å²) in [5.74, 6) is 0.434. The summed E-state index contributed by atoms with van der Waals surface area (Å²) in [7, 11) is 0. The Morgan fingerprint density at radius 1 is 1.45 bits per heavy atom. The van der Waals surface area contributed by atoms with E-state index in [9.17, 15) is 4.79 Å². The summed E-state index contributed by atoms with van der Waals surface area (Å²) in [6.07, 6.45) is 5.72. The van der Waals surface area contributed by atoms with Gasteiger partial charge in [-0.25, -0.2) is 9.78 Å². The zero-order valence-electron chi connectivity index (χ0n) is 11.5. The van der Waals surface area contributed by atoms with Crippen molar-refractivity contribution in [3.05, 3.63) is 18.9 Å². The minimum Gasteiger partial charge on any atom is -0.334 e. The van der Waals surface area contributed by atoms with Crippen molar-refractivity contribution in [2.45, 2.75) is 39.4 Å². The van der Waals surface area contributed by atoms with Crippen molar-refractivity contribution in [1.29, 1.82) is 0 Å². The predicted octanol–water partition coefficient (Wildman–Crippen LogP) is 0.490. The molecule has 2 aromatic heterocycles. The van der Waals surface area contributed by atoms with E-state index in [0.29, 0.717) is 12.4 Å². The van der Waals surface area contributed by atoms with Crippen LogP contribution in [0, 0.1) is 0 Å². The van der Waals surface area contributed by atoms with Gasteiger partial charge in [0.25, 0.3) is 0 Å². The van der Waals surface area contributed by atoms with Crippen molar-refractivity contribution in [2.75, 3.05) is 5.32 Å². The quantitative estimate of drug-likeness (QED) is 0.800. The molecular formula is C11H18N8O. The Kier molecular flexibility index (Phi) is 4.64. The van der Waals surface area contributed by atoms with Crippen molar-refractivity contribution in [3.63, 3.8) is 0 Å². The van der Waals surface area contributed by atoms with E-state index >= 15 is 0 Å². The number of aryl methyl sites for hydroxylation is 1. The monoisotopic (exact) mass is 278 g/mol. The van der Waals surface area contributed by atoms with E-state index in [-0.39, 0.29) is 12.1 Å². The number of hydrogen-bond acceptors (Lipinski definition) is 5. The van der Waals surface area contributed by atoms with Gasteiger partial charge in [-0.2, -0.15) is 5.10 Å². The van der Waals surface area contributed by atoms with Crippen molar-refractivity contribution in [2.24, 2.45) is 0 Å². The molecule has 0 fully saturated rings. The molecule has 20 heavy (non-hydrogen) atoms. The number of rotatable bonds is 6. The molecule has 2 N–H and O–H groups in total. The average Bonchev–Trinajstić information content (AvgIpc) is 3.01. The van der Waals surface area contributed by atoms with Crippen LogP contribution in [-0.2, 0) is 13.1 Å². The Bertz CT molecular complexity index is 534. The molecule has 0 spiro atoms. The minimum atomic E-state index is -0.318. The van der Waals surface area contributed by atoms with Crippen LogP contribution in [0.2, 0.25) is 0 Å². The normalized spacial score (nSPS) is 12.1. The molecule has 1 atom stereocenters. The molecule has 0 aromatic carbocycles. The van der Waals surface area contributed by atoms with Crippen molar-refractivity contribution < 1.29 is 4.79 Å². The summed E-state index contributed by atoms with van der Waals surface area (Å²) >= 11 is 0. The van der Waals surface area contributed by atoms with Gasteiger partial charge in [0.2, 0.25) is 0 Å². The number of nitrogens with zero attached hydrogens (tertiary/aromatic N) is 6. The molecule has 2 rings (SSSR count). The lowest BCUT2D eigenvalue weighted by molar-refractivity contribution is 0.247. The Labute approximate surface area is 116 Å². The summed E-state index contributed by atoms with van der Waals surface area (Å²) < 4.78 is 3.34. The number of anilines is 1. The Hall–Kier alpha value is -2.45. The van der Waals surface area contributed by atoms with Crippen molar-refractivity contribution in [1.82, 2.24) is 35.1 Å². The first-order valence-corrected chi connectivity index (χ1v) is 6.47. The smallest absolute Gasteiger partial charge is 0.320 e. The predicted molar refractivity (Wildman–Crippen MR) is 72.0 cm³/mol. The van der Waals surface area contributed by atoms with Crippen LogP contribution in [0.5, 0.6) is 0 Å². The SMILES string of the molecule is CCCn1cc(NC(=O)NC(C)Cn2cncn2)nn1. The number of aromatic nitrogens is 6. The van der Waals surface area contributed by atoms with E-state index in [1.54, 1.807) is 21.9 Å². The summed E-state index contributed by atoms with van der Waals surface area (Å²) in [6.45, 7) is 5.26. The molecule has 9 nitrogen and oxygen atoms in total. The van der Waals surface area contributed by atoms with Gasteiger partial charge in [0.1, 0.15) is 12.7 Å². The Balaban J connectivity index is 1.79. The highest BCUT2D eigenvalue weighted by molar-refractivity contribution is 5.88. The molecular weight excluding hydrogens is 260 g/mol. The first kappa shape index (κ1) is 14.0. The lowest BCUT2D eigenvalue weighted by Gasteiger charge is -2.13. The van der Waals surface area contributed by atoms with Crippen molar-refractivity contribution >= 4 is 11.8 Å². The third kappa shape index (κ3) is 4.04. The van der Waals surface area contributed by atoms with E-state index in [2.05, 4.69) is 31.0 Å². The molecule has 9 heteroatoms. The topological polar surface area (TPSA) is 103 Å². The highest BCUT2D eigenvalue weighted by Gasteiger charge is 2.10. The van der Waals surface area contributed by atoms with Crippen LogP contribution in [-0.4, -0.2) is 41.8 Å². The molecule has 2 amide bonds. The summed E-state index contributed by atoms with van der Waals surface area (Å²) in [6, 6.07) is -0.399. The summed E-state index contributed by atoms with van der Waals surface area (Å²) in [5, 5.41) is 17.2. The van der Waals surface area contributed by atoms with Crippen LogP contribution >= 0.6 is 0 Å². The molecule has 0 aliphatic rings.